The minimum absolute atomic E-state index is 0.141. The van der Waals surface area contributed by atoms with E-state index in [0.717, 1.165) is 19.3 Å². The number of carbonyl (C=O) groups excluding carboxylic acids is 2. The first-order valence-corrected chi connectivity index (χ1v) is 12.4. The number of aliphatic hydroxyl groups is 2. The second-order valence-corrected chi connectivity index (χ2v) is 8.70. The van der Waals surface area contributed by atoms with Gasteiger partial charge >= 0.3 is 0 Å². The Kier molecular flexibility index (Phi) is 15.3. The lowest BCUT2D eigenvalue weighted by molar-refractivity contribution is -0.123. The second-order valence-electron chi connectivity index (χ2n) is 8.70. The molecule has 0 spiro atoms. The lowest BCUT2D eigenvalue weighted by Gasteiger charge is -2.18. The van der Waals surface area contributed by atoms with E-state index in [0.29, 0.717) is 0 Å². The summed E-state index contributed by atoms with van der Waals surface area (Å²) in [4.78, 5) is 24.0. The molecule has 0 saturated heterocycles. The number of aliphatic hydroxyl groups excluding tert-OH is 2. The highest BCUT2D eigenvalue weighted by molar-refractivity contribution is 6.21. The summed E-state index contributed by atoms with van der Waals surface area (Å²) < 4.78 is 0. The van der Waals surface area contributed by atoms with Crippen LogP contribution in [-0.2, 0) is 9.59 Å². The molecule has 0 aromatic rings. The van der Waals surface area contributed by atoms with Crippen LogP contribution < -0.4 is 0 Å². The van der Waals surface area contributed by atoms with Gasteiger partial charge in [0.2, 0.25) is 0 Å². The Balaban J connectivity index is 1.92. The molecule has 4 nitrogen and oxygen atoms in total. The average Bonchev–Trinajstić information content (AvgIpc) is 2.73. The van der Waals surface area contributed by atoms with Crippen LogP contribution in [0.25, 0.3) is 0 Å². The van der Waals surface area contributed by atoms with Crippen molar-refractivity contribution in [3.05, 3.63) is 23.5 Å². The molecule has 1 unspecified atom stereocenters. The van der Waals surface area contributed by atoms with E-state index in [1.165, 1.54) is 77.0 Å². The van der Waals surface area contributed by atoms with E-state index >= 15 is 0 Å². The topological polar surface area (TPSA) is 74.6 Å². The van der Waals surface area contributed by atoms with E-state index < -0.39 is 11.9 Å². The Labute approximate surface area is 183 Å². The lowest BCUT2D eigenvalue weighted by Crippen LogP contribution is -2.27. The van der Waals surface area contributed by atoms with Gasteiger partial charge in [-0.3, -0.25) is 9.59 Å². The van der Waals surface area contributed by atoms with Crippen LogP contribution in [0, 0.1) is 0 Å². The number of hydrogen-bond acceptors (Lipinski definition) is 4. The summed E-state index contributed by atoms with van der Waals surface area (Å²) in [5, 5.41) is 19.4. The summed E-state index contributed by atoms with van der Waals surface area (Å²) in [6.45, 7) is 2.24. The molecule has 1 aliphatic rings. The molecule has 172 valence electrons. The molecule has 30 heavy (non-hydrogen) atoms. The van der Waals surface area contributed by atoms with Gasteiger partial charge in [-0.2, -0.15) is 0 Å². The van der Waals surface area contributed by atoms with Crippen molar-refractivity contribution in [1.29, 1.82) is 0 Å². The predicted octanol–water partition coefficient (Wildman–Crippen LogP) is 6.91. The summed E-state index contributed by atoms with van der Waals surface area (Å²) in [6, 6.07) is 0. The molecule has 1 rings (SSSR count). The Morgan fingerprint density at radius 2 is 1.37 bits per heavy atom. The third kappa shape index (κ3) is 11.7. The Morgan fingerprint density at radius 1 is 0.867 bits per heavy atom. The largest absolute Gasteiger partial charge is 0.509 e. The van der Waals surface area contributed by atoms with Gasteiger partial charge in [0.15, 0.2) is 11.6 Å². The van der Waals surface area contributed by atoms with Crippen molar-refractivity contribution in [3.63, 3.8) is 0 Å². The minimum Gasteiger partial charge on any atom is -0.509 e. The van der Waals surface area contributed by atoms with Crippen molar-refractivity contribution >= 4 is 11.6 Å². The summed E-state index contributed by atoms with van der Waals surface area (Å²) in [5.41, 5.74) is -0.152. The third-order valence-corrected chi connectivity index (χ3v) is 5.94. The van der Waals surface area contributed by atoms with Crippen molar-refractivity contribution in [3.8, 4) is 0 Å². The number of hydrogen-bond donors (Lipinski definition) is 2. The number of ketones is 2. The van der Waals surface area contributed by atoms with Gasteiger partial charge in [0, 0.05) is 12.8 Å². The van der Waals surface area contributed by atoms with Gasteiger partial charge in [0.25, 0.3) is 0 Å². The van der Waals surface area contributed by atoms with Crippen molar-refractivity contribution < 1.29 is 19.8 Å². The zero-order valence-electron chi connectivity index (χ0n) is 19.2. The summed E-state index contributed by atoms with van der Waals surface area (Å²) in [6.07, 6.45) is 22.5. The molecule has 0 aromatic carbocycles. The highest BCUT2D eigenvalue weighted by Crippen LogP contribution is 2.23. The number of unbranched alkanes of at least 4 members (excludes halogenated alkanes) is 13. The van der Waals surface area contributed by atoms with E-state index in [4.69, 9.17) is 0 Å². The fourth-order valence-corrected chi connectivity index (χ4v) is 3.97. The van der Waals surface area contributed by atoms with Gasteiger partial charge in [-0.1, -0.05) is 83.3 Å². The zero-order chi connectivity index (χ0) is 22.0. The van der Waals surface area contributed by atoms with Gasteiger partial charge in [0.05, 0.1) is 0 Å². The van der Waals surface area contributed by atoms with E-state index in [1.807, 2.05) is 0 Å². The van der Waals surface area contributed by atoms with Crippen molar-refractivity contribution in [2.45, 2.75) is 129 Å². The van der Waals surface area contributed by atoms with Crippen LogP contribution in [0.15, 0.2) is 23.5 Å². The third-order valence-electron chi connectivity index (χ3n) is 5.94. The number of rotatable bonds is 18. The Bertz CT molecular complexity index is 547. The number of carbonyl (C=O) groups is 2. The molecule has 0 bridgehead atoms. The van der Waals surface area contributed by atoms with E-state index in [2.05, 4.69) is 19.1 Å². The smallest absolute Gasteiger partial charge is 0.170 e. The summed E-state index contributed by atoms with van der Waals surface area (Å²) in [7, 11) is 0. The first-order chi connectivity index (χ1) is 14.6. The standard InChI is InChI=1S/C26H44O4/c1-2-3-4-5-6-7-8-9-10-11-12-13-14-15-16-17-18-19-22(27)25-23(28)20-21-24(29)26(25)30/h6-7,24,29-30H,2-5,8-21H2,1H3. The molecule has 0 fully saturated rings. The first kappa shape index (κ1) is 26.6. The zero-order valence-corrected chi connectivity index (χ0v) is 19.2. The molecular formula is C26H44O4. The number of Topliss-reactive ketones (excluding diaryl/α,β-unsaturated/α-hetero) is 2. The maximum Gasteiger partial charge on any atom is 0.170 e. The van der Waals surface area contributed by atoms with Gasteiger partial charge < -0.3 is 10.2 Å². The van der Waals surface area contributed by atoms with E-state index in [-0.39, 0.29) is 36.4 Å². The average molecular weight is 421 g/mol. The van der Waals surface area contributed by atoms with Gasteiger partial charge in [-0.05, 0) is 38.5 Å². The Morgan fingerprint density at radius 3 is 1.93 bits per heavy atom. The summed E-state index contributed by atoms with van der Waals surface area (Å²) >= 11 is 0. The highest BCUT2D eigenvalue weighted by atomic mass is 16.3. The normalized spacial score (nSPS) is 17.3. The fourth-order valence-electron chi connectivity index (χ4n) is 3.97. The first-order valence-electron chi connectivity index (χ1n) is 12.4. The molecule has 0 aromatic heterocycles. The van der Waals surface area contributed by atoms with Crippen LogP contribution >= 0.6 is 0 Å². The van der Waals surface area contributed by atoms with Crippen molar-refractivity contribution in [2.24, 2.45) is 0 Å². The molecule has 2 N–H and O–H groups in total. The molecule has 0 saturated carbocycles. The Hall–Kier alpha value is -1.42. The fraction of sp³-hybridized carbons (Fsp3) is 0.769. The molecule has 4 heteroatoms. The van der Waals surface area contributed by atoms with Crippen LogP contribution in [0.5, 0.6) is 0 Å². The number of allylic oxidation sites excluding steroid dienone is 3. The van der Waals surface area contributed by atoms with Crippen LogP contribution in [0.4, 0.5) is 0 Å². The van der Waals surface area contributed by atoms with E-state index in [1.54, 1.807) is 0 Å². The maximum atomic E-state index is 12.2. The van der Waals surface area contributed by atoms with Gasteiger partial charge in [-0.25, -0.2) is 0 Å². The molecular weight excluding hydrogens is 376 g/mol. The predicted molar refractivity (Wildman–Crippen MR) is 124 cm³/mol. The SMILES string of the molecule is CCCCCC=CCCCCCCCCCCCCC(=O)C1=C(O)C(O)CCC1=O. The monoisotopic (exact) mass is 420 g/mol. The molecule has 1 aliphatic carbocycles. The van der Waals surface area contributed by atoms with Crippen LogP contribution in [-0.4, -0.2) is 27.9 Å². The second kappa shape index (κ2) is 17.3. The van der Waals surface area contributed by atoms with Crippen molar-refractivity contribution in [1.82, 2.24) is 0 Å². The van der Waals surface area contributed by atoms with Gasteiger partial charge in [-0.15, -0.1) is 0 Å². The van der Waals surface area contributed by atoms with Crippen molar-refractivity contribution in [2.75, 3.05) is 0 Å². The molecule has 0 radical (unpaired) electrons. The minimum atomic E-state index is -1.06. The van der Waals surface area contributed by atoms with Crippen LogP contribution in [0.1, 0.15) is 122 Å². The molecule has 0 aliphatic heterocycles. The van der Waals surface area contributed by atoms with Gasteiger partial charge in [0.1, 0.15) is 17.4 Å². The van der Waals surface area contributed by atoms with Crippen LogP contribution in [0.2, 0.25) is 0 Å². The van der Waals surface area contributed by atoms with E-state index in [9.17, 15) is 19.8 Å². The highest BCUT2D eigenvalue weighted by Gasteiger charge is 2.30. The molecule has 1 atom stereocenters. The molecule has 0 amide bonds. The quantitative estimate of drug-likeness (QED) is 0.143. The molecule has 0 heterocycles. The van der Waals surface area contributed by atoms with Crippen LogP contribution in [0.3, 0.4) is 0 Å². The maximum absolute atomic E-state index is 12.2. The lowest BCUT2D eigenvalue weighted by atomic mass is 9.89. The summed E-state index contributed by atoms with van der Waals surface area (Å²) in [5.74, 6) is -1.06.